The van der Waals surface area contributed by atoms with Gasteiger partial charge in [-0.15, -0.1) is 10.2 Å². The van der Waals surface area contributed by atoms with Crippen molar-refractivity contribution in [3.63, 3.8) is 0 Å². The third-order valence-corrected chi connectivity index (χ3v) is 2.53. The summed E-state index contributed by atoms with van der Waals surface area (Å²) >= 11 is 0. The average Bonchev–Trinajstić information content (AvgIpc) is 2.76. The Bertz CT molecular complexity index is 564. The predicted molar refractivity (Wildman–Crippen MR) is 68.7 cm³/mol. The summed E-state index contributed by atoms with van der Waals surface area (Å²) in [6.45, 7) is 3.51. The van der Waals surface area contributed by atoms with Crippen LogP contribution in [0.1, 0.15) is 19.7 Å². The van der Waals surface area contributed by atoms with Crippen molar-refractivity contribution in [1.29, 1.82) is 0 Å². The zero-order valence-corrected chi connectivity index (χ0v) is 10.8. The Morgan fingerprint density at radius 3 is 2.63 bits per heavy atom. The van der Waals surface area contributed by atoms with Crippen LogP contribution in [0.3, 0.4) is 0 Å². The van der Waals surface area contributed by atoms with Crippen LogP contribution in [0, 0.1) is 0 Å². The second-order valence-corrected chi connectivity index (χ2v) is 4.86. The van der Waals surface area contributed by atoms with Crippen molar-refractivity contribution in [3.8, 4) is 11.5 Å². The van der Waals surface area contributed by atoms with Crippen molar-refractivity contribution < 1.29 is 14.3 Å². The maximum absolute atomic E-state index is 10.7. The van der Waals surface area contributed by atoms with Crippen LogP contribution in [0.5, 0.6) is 0 Å². The van der Waals surface area contributed by atoms with Gasteiger partial charge in [-0.3, -0.25) is 0 Å². The summed E-state index contributed by atoms with van der Waals surface area (Å²) in [5, 5.41) is 19.0. The molecule has 6 heteroatoms. The van der Waals surface area contributed by atoms with Gasteiger partial charge >= 0.3 is 6.09 Å². The van der Waals surface area contributed by atoms with E-state index in [9.17, 15) is 4.79 Å². The first-order valence-corrected chi connectivity index (χ1v) is 5.85. The van der Waals surface area contributed by atoms with E-state index in [1.165, 1.54) is 0 Å². The first-order valence-electron chi connectivity index (χ1n) is 5.85. The molecule has 0 bridgehead atoms. The molecule has 2 N–H and O–H groups in total. The lowest BCUT2D eigenvalue weighted by Crippen LogP contribution is -2.44. The van der Waals surface area contributed by atoms with Crippen LogP contribution >= 0.6 is 0 Å². The highest BCUT2D eigenvalue weighted by Crippen LogP contribution is 2.19. The van der Waals surface area contributed by atoms with Gasteiger partial charge in [-0.2, -0.15) is 0 Å². The van der Waals surface area contributed by atoms with Gasteiger partial charge in [0.25, 0.3) is 0 Å². The van der Waals surface area contributed by atoms with E-state index in [0.29, 0.717) is 18.2 Å². The van der Waals surface area contributed by atoms with Crippen molar-refractivity contribution in [2.75, 3.05) is 0 Å². The summed E-state index contributed by atoms with van der Waals surface area (Å²) in [6, 6.07) is 9.42. The van der Waals surface area contributed by atoms with E-state index < -0.39 is 11.6 Å². The molecule has 0 spiro atoms. The van der Waals surface area contributed by atoms with Gasteiger partial charge in [0.1, 0.15) is 0 Å². The lowest BCUT2D eigenvalue weighted by atomic mass is 10.0. The first kappa shape index (κ1) is 13.1. The van der Waals surface area contributed by atoms with Crippen LogP contribution in [0.15, 0.2) is 34.7 Å². The van der Waals surface area contributed by atoms with Crippen molar-refractivity contribution in [2.45, 2.75) is 25.8 Å². The van der Waals surface area contributed by atoms with Gasteiger partial charge in [-0.05, 0) is 26.0 Å². The van der Waals surface area contributed by atoms with Crippen LogP contribution in [0.25, 0.3) is 11.5 Å². The topological polar surface area (TPSA) is 88.3 Å². The highest BCUT2D eigenvalue weighted by atomic mass is 16.4. The molecule has 0 atom stereocenters. The quantitative estimate of drug-likeness (QED) is 0.881. The maximum atomic E-state index is 10.7. The summed E-state index contributed by atoms with van der Waals surface area (Å²) in [7, 11) is 0. The molecule has 1 aromatic carbocycles. The minimum Gasteiger partial charge on any atom is -0.465 e. The van der Waals surface area contributed by atoms with E-state index in [0.717, 1.165) is 5.56 Å². The smallest absolute Gasteiger partial charge is 0.405 e. The molecular formula is C13H15N3O3. The Morgan fingerprint density at radius 2 is 2.00 bits per heavy atom. The molecule has 0 saturated heterocycles. The second kappa shape index (κ2) is 5.09. The highest BCUT2D eigenvalue weighted by molar-refractivity contribution is 5.65. The monoisotopic (exact) mass is 261 g/mol. The molecule has 0 aliphatic rings. The van der Waals surface area contributed by atoms with E-state index in [1.807, 2.05) is 30.3 Å². The molecule has 0 aliphatic carbocycles. The Morgan fingerprint density at radius 1 is 1.32 bits per heavy atom. The molecule has 1 aromatic heterocycles. The number of amides is 1. The standard InChI is InChI=1S/C13H15N3O3/c1-13(2,14-12(17)18)8-10-15-16-11(19-10)9-6-4-3-5-7-9/h3-7,14H,8H2,1-2H3,(H,17,18). The summed E-state index contributed by atoms with van der Waals surface area (Å²) in [5.41, 5.74) is 0.178. The third kappa shape index (κ3) is 3.54. The lowest BCUT2D eigenvalue weighted by molar-refractivity contribution is 0.181. The highest BCUT2D eigenvalue weighted by Gasteiger charge is 2.24. The zero-order valence-electron chi connectivity index (χ0n) is 10.8. The van der Waals surface area contributed by atoms with Gasteiger partial charge in [0.15, 0.2) is 0 Å². The van der Waals surface area contributed by atoms with Gasteiger partial charge in [0.05, 0.1) is 0 Å². The van der Waals surface area contributed by atoms with E-state index >= 15 is 0 Å². The van der Waals surface area contributed by atoms with Gasteiger partial charge in [0.2, 0.25) is 11.8 Å². The lowest BCUT2D eigenvalue weighted by Gasteiger charge is -2.22. The SMILES string of the molecule is CC(C)(Cc1nnc(-c2ccccc2)o1)NC(=O)O. The van der Waals surface area contributed by atoms with Crippen molar-refractivity contribution >= 4 is 6.09 Å². The number of nitrogens with one attached hydrogen (secondary N) is 1. The molecular weight excluding hydrogens is 246 g/mol. The maximum Gasteiger partial charge on any atom is 0.405 e. The average molecular weight is 261 g/mol. The van der Waals surface area contributed by atoms with Crippen LogP contribution in [-0.2, 0) is 6.42 Å². The number of rotatable bonds is 4. The zero-order chi connectivity index (χ0) is 13.9. The Labute approximate surface area is 110 Å². The molecule has 6 nitrogen and oxygen atoms in total. The van der Waals surface area contributed by atoms with Crippen LogP contribution in [0.2, 0.25) is 0 Å². The molecule has 1 amide bonds. The summed E-state index contributed by atoms with van der Waals surface area (Å²) in [6.07, 6.45) is -0.744. The number of benzene rings is 1. The number of carboxylic acid groups (broad SMARTS) is 1. The summed E-state index contributed by atoms with van der Waals surface area (Å²) < 4.78 is 5.53. The van der Waals surface area contributed by atoms with E-state index in [1.54, 1.807) is 13.8 Å². The van der Waals surface area contributed by atoms with Gasteiger partial charge in [-0.1, -0.05) is 18.2 Å². The number of carbonyl (C=O) groups is 1. The molecule has 2 aromatic rings. The number of nitrogens with zero attached hydrogens (tertiary/aromatic N) is 2. The number of aromatic nitrogens is 2. The molecule has 0 unspecified atom stereocenters. The largest absolute Gasteiger partial charge is 0.465 e. The van der Waals surface area contributed by atoms with Crippen LogP contribution < -0.4 is 5.32 Å². The van der Waals surface area contributed by atoms with Gasteiger partial charge < -0.3 is 14.8 Å². The van der Waals surface area contributed by atoms with E-state index in [2.05, 4.69) is 15.5 Å². The molecule has 0 radical (unpaired) electrons. The molecule has 0 saturated carbocycles. The van der Waals surface area contributed by atoms with Crippen LogP contribution in [0.4, 0.5) is 4.79 Å². The Balaban J connectivity index is 2.12. The van der Waals surface area contributed by atoms with Crippen molar-refractivity contribution in [2.24, 2.45) is 0 Å². The third-order valence-electron chi connectivity index (χ3n) is 2.53. The fourth-order valence-electron chi connectivity index (χ4n) is 1.73. The molecule has 2 rings (SSSR count). The second-order valence-electron chi connectivity index (χ2n) is 4.86. The molecule has 1 heterocycles. The van der Waals surface area contributed by atoms with E-state index in [-0.39, 0.29) is 0 Å². The number of hydrogen-bond acceptors (Lipinski definition) is 4. The van der Waals surface area contributed by atoms with E-state index in [4.69, 9.17) is 9.52 Å². The normalized spacial score (nSPS) is 11.3. The first-order chi connectivity index (χ1) is 8.96. The summed E-state index contributed by atoms with van der Waals surface area (Å²) in [5.74, 6) is 0.833. The molecule has 19 heavy (non-hydrogen) atoms. The Hall–Kier alpha value is -2.37. The summed E-state index contributed by atoms with van der Waals surface area (Å²) in [4.78, 5) is 10.7. The number of hydrogen-bond donors (Lipinski definition) is 2. The van der Waals surface area contributed by atoms with Crippen molar-refractivity contribution in [3.05, 3.63) is 36.2 Å². The van der Waals surface area contributed by atoms with Crippen LogP contribution in [-0.4, -0.2) is 26.9 Å². The predicted octanol–water partition coefficient (Wildman–Crippen LogP) is 2.33. The van der Waals surface area contributed by atoms with Gasteiger partial charge in [0, 0.05) is 17.5 Å². The Kier molecular flexibility index (Phi) is 3.50. The minimum absolute atomic E-state index is 0.332. The fourth-order valence-corrected chi connectivity index (χ4v) is 1.73. The molecule has 0 aliphatic heterocycles. The van der Waals surface area contributed by atoms with Gasteiger partial charge in [-0.25, -0.2) is 4.79 Å². The van der Waals surface area contributed by atoms with Crippen molar-refractivity contribution in [1.82, 2.24) is 15.5 Å². The fraction of sp³-hybridized carbons (Fsp3) is 0.308. The molecule has 0 fully saturated rings. The minimum atomic E-state index is -1.08. The molecule has 100 valence electrons.